The van der Waals surface area contributed by atoms with Crippen LogP contribution in [0.25, 0.3) is 0 Å². The Morgan fingerprint density at radius 2 is 1.59 bits per heavy atom. The fraction of sp³-hybridized carbons (Fsp3) is 0.636. The van der Waals surface area contributed by atoms with Gasteiger partial charge >= 0.3 is 18.1 Å². The van der Waals surface area contributed by atoms with Crippen LogP contribution < -0.4 is 10.0 Å². The Hall–Kier alpha value is -2.34. The molecule has 3 amide bonds. The average Bonchev–Trinajstić information content (AvgIpc) is 3.46. The van der Waals surface area contributed by atoms with E-state index in [0.29, 0.717) is 6.54 Å². The minimum absolute atomic E-state index is 0.0801. The van der Waals surface area contributed by atoms with Crippen molar-refractivity contribution >= 4 is 27.6 Å². The van der Waals surface area contributed by atoms with Crippen LogP contribution in [-0.4, -0.2) is 73.8 Å². The van der Waals surface area contributed by atoms with Crippen molar-refractivity contribution in [2.75, 3.05) is 31.5 Å². The SMILES string of the molecule is O=C(Nc1c2c(cc3c1CCC3)CCC2)NS(=O)(=O)C1CCN(C2CN(C(=O)C(F)(F)F)C2)C1. The maximum atomic E-state index is 12.9. The molecule has 0 spiro atoms. The second-order valence-corrected chi connectivity index (χ2v) is 11.6. The zero-order valence-electron chi connectivity index (χ0n) is 18.6. The molecule has 0 aromatic heterocycles. The molecule has 2 heterocycles. The summed E-state index contributed by atoms with van der Waals surface area (Å²) in [7, 11) is -3.98. The van der Waals surface area contributed by atoms with Crippen LogP contribution in [-0.2, 0) is 40.5 Å². The summed E-state index contributed by atoms with van der Waals surface area (Å²) in [5.41, 5.74) is 5.41. The minimum atomic E-state index is -4.90. The van der Waals surface area contributed by atoms with Crippen molar-refractivity contribution in [2.24, 2.45) is 0 Å². The van der Waals surface area contributed by atoms with E-state index < -0.39 is 33.4 Å². The lowest BCUT2D eigenvalue weighted by Gasteiger charge is -2.44. The zero-order valence-corrected chi connectivity index (χ0v) is 19.4. The maximum absolute atomic E-state index is 12.9. The van der Waals surface area contributed by atoms with Gasteiger partial charge in [0.15, 0.2) is 0 Å². The predicted molar refractivity (Wildman–Crippen MR) is 118 cm³/mol. The standard InChI is InChI=1S/C22H27F3N4O4S/c23-22(24,25)20(30)29-10-15(11-29)28-8-7-16(12-28)34(32,33)27-21(31)26-19-17-5-1-3-13(17)9-14-4-2-6-18(14)19/h9,15-16H,1-8,10-12H2,(H2,26,27,31). The Bertz CT molecular complexity index is 1100. The molecule has 2 N–H and O–H groups in total. The van der Waals surface area contributed by atoms with Gasteiger partial charge in [0.25, 0.3) is 0 Å². The number of halogens is 3. The molecule has 186 valence electrons. The molecule has 0 bridgehead atoms. The normalized spacial score (nSPS) is 22.9. The molecule has 2 aliphatic heterocycles. The van der Waals surface area contributed by atoms with E-state index in [2.05, 4.69) is 16.1 Å². The van der Waals surface area contributed by atoms with Crippen molar-refractivity contribution in [1.29, 1.82) is 0 Å². The molecule has 8 nitrogen and oxygen atoms in total. The lowest BCUT2D eigenvalue weighted by molar-refractivity contribution is -0.192. The summed E-state index contributed by atoms with van der Waals surface area (Å²) in [5.74, 6) is -1.87. The number of anilines is 1. The Labute approximate surface area is 195 Å². The molecule has 34 heavy (non-hydrogen) atoms. The lowest BCUT2D eigenvalue weighted by atomic mass is 9.99. The van der Waals surface area contributed by atoms with E-state index >= 15 is 0 Å². The van der Waals surface area contributed by atoms with E-state index in [0.717, 1.165) is 60.2 Å². The van der Waals surface area contributed by atoms with Crippen molar-refractivity contribution in [3.63, 3.8) is 0 Å². The molecule has 2 aliphatic carbocycles. The number of nitrogens with one attached hydrogen (secondary N) is 2. The van der Waals surface area contributed by atoms with Gasteiger partial charge in [-0.15, -0.1) is 0 Å². The summed E-state index contributed by atoms with van der Waals surface area (Å²) < 4.78 is 65.5. The van der Waals surface area contributed by atoms with Gasteiger partial charge in [0.1, 0.15) is 0 Å². The van der Waals surface area contributed by atoms with Gasteiger partial charge < -0.3 is 10.2 Å². The first kappa shape index (κ1) is 23.4. The monoisotopic (exact) mass is 500 g/mol. The van der Waals surface area contributed by atoms with Gasteiger partial charge in [-0.3, -0.25) is 9.69 Å². The van der Waals surface area contributed by atoms with Gasteiger partial charge in [-0.2, -0.15) is 13.2 Å². The number of nitrogens with zero attached hydrogens (tertiary/aromatic N) is 2. The van der Waals surface area contributed by atoms with Crippen LogP contribution in [0.2, 0.25) is 0 Å². The van der Waals surface area contributed by atoms with Crippen LogP contribution in [0.4, 0.5) is 23.7 Å². The van der Waals surface area contributed by atoms with Crippen molar-refractivity contribution in [3.05, 3.63) is 28.3 Å². The van der Waals surface area contributed by atoms with Crippen LogP contribution in [0.5, 0.6) is 0 Å². The molecule has 5 rings (SSSR count). The van der Waals surface area contributed by atoms with Gasteiger partial charge in [-0.05, 0) is 73.7 Å². The molecule has 4 aliphatic rings. The number of aryl methyl sites for hydroxylation is 2. The summed E-state index contributed by atoms with van der Waals surface area (Å²) in [5, 5.41) is 1.97. The molecule has 1 unspecified atom stereocenters. The maximum Gasteiger partial charge on any atom is 0.471 e. The van der Waals surface area contributed by atoms with Crippen LogP contribution in [0, 0.1) is 0 Å². The Morgan fingerprint density at radius 3 is 2.18 bits per heavy atom. The van der Waals surface area contributed by atoms with Crippen LogP contribution in [0.3, 0.4) is 0 Å². The Morgan fingerprint density at radius 1 is 0.971 bits per heavy atom. The number of hydrogen-bond acceptors (Lipinski definition) is 5. The molecule has 1 atom stereocenters. The van der Waals surface area contributed by atoms with E-state index in [9.17, 15) is 31.2 Å². The smallest absolute Gasteiger partial charge is 0.332 e. The number of carbonyl (C=O) groups is 2. The second kappa shape index (κ2) is 8.40. The third-order valence-electron chi connectivity index (χ3n) is 7.47. The number of urea groups is 1. The van der Waals surface area contributed by atoms with E-state index in [4.69, 9.17) is 0 Å². The van der Waals surface area contributed by atoms with Crippen LogP contribution in [0.1, 0.15) is 41.5 Å². The fourth-order valence-corrected chi connectivity index (χ4v) is 6.97. The number of amides is 3. The lowest BCUT2D eigenvalue weighted by Crippen LogP contribution is -2.63. The molecule has 2 saturated heterocycles. The summed E-state index contributed by atoms with van der Waals surface area (Å²) in [6.45, 7) is 0.329. The molecule has 1 aromatic rings. The highest BCUT2D eigenvalue weighted by molar-refractivity contribution is 7.90. The van der Waals surface area contributed by atoms with Crippen molar-refractivity contribution in [2.45, 2.75) is 62.4 Å². The number of fused-ring (bicyclic) bond motifs is 2. The van der Waals surface area contributed by atoms with E-state index in [-0.39, 0.29) is 32.1 Å². The first-order valence-electron chi connectivity index (χ1n) is 11.6. The number of alkyl halides is 3. The topological polar surface area (TPSA) is 98.8 Å². The minimum Gasteiger partial charge on any atom is -0.332 e. The Kier molecular flexibility index (Phi) is 5.78. The highest BCUT2D eigenvalue weighted by Crippen LogP contribution is 2.38. The van der Waals surface area contributed by atoms with E-state index in [1.54, 1.807) is 4.90 Å². The summed E-state index contributed by atoms with van der Waals surface area (Å²) in [6, 6.07) is 1.13. The van der Waals surface area contributed by atoms with Gasteiger partial charge in [-0.25, -0.2) is 17.9 Å². The second-order valence-electron chi connectivity index (χ2n) is 9.60. The zero-order chi connectivity index (χ0) is 24.3. The highest BCUT2D eigenvalue weighted by atomic mass is 32.2. The third-order valence-corrected chi connectivity index (χ3v) is 9.20. The predicted octanol–water partition coefficient (Wildman–Crippen LogP) is 1.96. The highest BCUT2D eigenvalue weighted by Gasteiger charge is 2.49. The molecular formula is C22H27F3N4O4S. The average molecular weight is 501 g/mol. The quantitative estimate of drug-likeness (QED) is 0.659. The number of likely N-dealkylation sites (tertiary alicyclic amines) is 2. The van der Waals surface area contributed by atoms with Crippen molar-refractivity contribution in [1.82, 2.24) is 14.5 Å². The third kappa shape index (κ3) is 4.26. The van der Waals surface area contributed by atoms with Gasteiger partial charge in [0.05, 0.1) is 5.25 Å². The fourth-order valence-electron chi connectivity index (χ4n) is 5.69. The summed E-state index contributed by atoms with van der Waals surface area (Å²) in [4.78, 5) is 26.5. The molecule has 0 radical (unpaired) electrons. The molecule has 0 saturated carbocycles. The largest absolute Gasteiger partial charge is 0.471 e. The van der Waals surface area contributed by atoms with Crippen molar-refractivity contribution < 1.29 is 31.2 Å². The number of carbonyl (C=O) groups excluding carboxylic acids is 2. The number of rotatable bonds is 4. The number of sulfonamides is 1. The number of benzene rings is 1. The van der Waals surface area contributed by atoms with E-state index in [1.807, 2.05) is 0 Å². The Balaban J connectivity index is 1.19. The first-order valence-corrected chi connectivity index (χ1v) is 13.2. The molecule has 2 fully saturated rings. The van der Waals surface area contributed by atoms with Gasteiger partial charge in [0.2, 0.25) is 10.0 Å². The van der Waals surface area contributed by atoms with Crippen molar-refractivity contribution in [3.8, 4) is 0 Å². The van der Waals surface area contributed by atoms with Gasteiger partial charge in [-0.1, -0.05) is 6.07 Å². The first-order chi connectivity index (χ1) is 16.0. The van der Waals surface area contributed by atoms with Crippen LogP contribution in [0.15, 0.2) is 6.07 Å². The van der Waals surface area contributed by atoms with Crippen LogP contribution >= 0.6 is 0 Å². The molecule has 1 aromatic carbocycles. The van der Waals surface area contributed by atoms with Gasteiger partial charge in [0, 0.05) is 31.4 Å². The number of hydrogen-bond donors (Lipinski definition) is 2. The summed E-state index contributed by atoms with van der Waals surface area (Å²) >= 11 is 0. The molecular weight excluding hydrogens is 473 g/mol. The summed E-state index contributed by atoms with van der Waals surface area (Å²) in [6.07, 6.45) is 1.02. The molecule has 12 heteroatoms. The van der Waals surface area contributed by atoms with E-state index in [1.165, 1.54) is 11.1 Å².